The number of hydrogen-bond donors (Lipinski definition) is 1. The van der Waals surface area contributed by atoms with Crippen LogP contribution in [0.25, 0.3) is 0 Å². The average molecular weight is 431 g/mol. The fourth-order valence-corrected chi connectivity index (χ4v) is 3.68. The summed E-state index contributed by atoms with van der Waals surface area (Å²) in [4.78, 5) is 11.9. The van der Waals surface area contributed by atoms with Crippen LogP contribution in [0.5, 0.6) is 0 Å². The molecule has 152 valence electrons. The van der Waals surface area contributed by atoms with Crippen molar-refractivity contribution in [2.75, 3.05) is 23.7 Å². The maximum atomic E-state index is 13.4. The quantitative estimate of drug-likeness (QED) is 0.661. The Morgan fingerprint density at radius 3 is 2.39 bits per heavy atom. The maximum absolute atomic E-state index is 13.4. The van der Waals surface area contributed by atoms with Gasteiger partial charge >= 0.3 is 0 Å². The van der Waals surface area contributed by atoms with Crippen LogP contribution in [0.15, 0.2) is 42.5 Å². The van der Waals surface area contributed by atoms with E-state index >= 15 is 0 Å². The van der Waals surface area contributed by atoms with Gasteiger partial charge in [-0.15, -0.1) is 0 Å². The molecule has 9 heteroatoms. The number of carbonyl (C=O) groups is 1. The second-order valence-electron chi connectivity index (χ2n) is 6.26. The monoisotopic (exact) mass is 430 g/mol. The Kier molecular flexibility index (Phi) is 7.77. The molecular formula is C19H21ClF2N2O3S. The van der Waals surface area contributed by atoms with E-state index in [0.717, 1.165) is 28.3 Å². The van der Waals surface area contributed by atoms with Crippen LogP contribution in [-0.2, 0) is 21.2 Å². The lowest BCUT2D eigenvalue weighted by Crippen LogP contribution is -2.32. The minimum absolute atomic E-state index is 0.0181. The molecule has 0 saturated carbocycles. The fourth-order valence-electron chi connectivity index (χ4n) is 2.60. The van der Waals surface area contributed by atoms with Gasteiger partial charge in [0.25, 0.3) is 0 Å². The lowest BCUT2D eigenvalue weighted by molar-refractivity contribution is -0.121. The molecule has 1 N–H and O–H groups in total. The number of amides is 1. The number of nitrogens with one attached hydrogen (secondary N) is 1. The third kappa shape index (κ3) is 6.76. The van der Waals surface area contributed by atoms with Crippen LogP contribution in [0.4, 0.5) is 14.5 Å². The average Bonchev–Trinajstić information content (AvgIpc) is 2.62. The van der Waals surface area contributed by atoms with Gasteiger partial charge in [0.05, 0.1) is 11.9 Å². The number of carbonyl (C=O) groups excluding carboxylic acids is 1. The van der Waals surface area contributed by atoms with Gasteiger partial charge in [0.1, 0.15) is 0 Å². The molecule has 2 aromatic carbocycles. The first kappa shape index (κ1) is 22.1. The van der Waals surface area contributed by atoms with Gasteiger partial charge in [-0.3, -0.25) is 9.10 Å². The van der Waals surface area contributed by atoms with Crippen LogP contribution >= 0.6 is 11.6 Å². The van der Waals surface area contributed by atoms with Crippen molar-refractivity contribution in [2.45, 2.75) is 19.3 Å². The SMILES string of the molecule is CS(=O)(=O)N(CCCC(=O)NCCc1ccc(Cl)cc1)c1ccc(F)c(F)c1. The Morgan fingerprint density at radius 1 is 1.11 bits per heavy atom. The highest BCUT2D eigenvalue weighted by molar-refractivity contribution is 7.92. The molecule has 5 nitrogen and oxygen atoms in total. The molecule has 0 heterocycles. The van der Waals surface area contributed by atoms with Crippen molar-refractivity contribution < 1.29 is 22.0 Å². The Hall–Kier alpha value is -2.19. The van der Waals surface area contributed by atoms with Crippen molar-refractivity contribution in [2.24, 2.45) is 0 Å². The third-order valence-corrected chi connectivity index (χ3v) is 5.45. The molecule has 0 aromatic heterocycles. The van der Waals surface area contributed by atoms with Crippen LogP contribution < -0.4 is 9.62 Å². The van der Waals surface area contributed by atoms with E-state index < -0.39 is 21.7 Å². The molecule has 0 bridgehead atoms. The molecule has 0 atom stereocenters. The zero-order chi connectivity index (χ0) is 20.7. The second-order valence-corrected chi connectivity index (χ2v) is 8.61. The molecule has 0 unspecified atom stereocenters. The normalized spacial score (nSPS) is 11.3. The van der Waals surface area contributed by atoms with E-state index in [1.165, 1.54) is 6.07 Å². The minimum atomic E-state index is -3.70. The number of nitrogens with zero attached hydrogens (tertiary/aromatic N) is 1. The molecule has 0 spiro atoms. The summed E-state index contributed by atoms with van der Waals surface area (Å²) in [5, 5.41) is 3.41. The van der Waals surface area contributed by atoms with E-state index in [2.05, 4.69) is 5.32 Å². The zero-order valence-electron chi connectivity index (χ0n) is 15.3. The summed E-state index contributed by atoms with van der Waals surface area (Å²) in [6, 6.07) is 10.2. The summed E-state index contributed by atoms with van der Waals surface area (Å²) < 4.78 is 51.4. The number of benzene rings is 2. The zero-order valence-corrected chi connectivity index (χ0v) is 16.9. The van der Waals surface area contributed by atoms with Gasteiger partial charge in [-0.25, -0.2) is 17.2 Å². The molecule has 0 aliphatic carbocycles. The van der Waals surface area contributed by atoms with E-state index in [9.17, 15) is 22.0 Å². The van der Waals surface area contributed by atoms with Crippen molar-refractivity contribution in [1.29, 1.82) is 0 Å². The van der Waals surface area contributed by atoms with Gasteiger partial charge in [-0.05, 0) is 42.7 Å². The van der Waals surface area contributed by atoms with E-state index in [1.54, 1.807) is 12.1 Å². The van der Waals surface area contributed by atoms with Crippen molar-refractivity contribution >= 4 is 33.2 Å². The molecule has 0 aliphatic rings. The highest BCUT2D eigenvalue weighted by Crippen LogP contribution is 2.21. The summed E-state index contributed by atoms with van der Waals surface area (Å²) >= 11 is 5.82. The fraction of sp³-hybridized carbons (Fsp3) is 0.316. The molecular weight excluding hydrogens is 410 g/mol. The highest BCUT2D eigenvalue weighted by Gasteiger charge is 2.19. The van der Waals surface area contributed by atoms with Crippen LogP contribution in [0.3, 0.4) is 0 Å². The van der Waals surface area contributed by atoms with Gasteiger partial charge < -0.3 is 5.32 Å². The molecule has 0 aliphatic heterocycles. The van der Waals surface area contributed by atoms with Gasteiger partial charge in [0.15, 0.2) is 11.6 Å². The minimum Gasteiger partial charge on any atom is -0.356 e. The highest BCUT2D eigenvalue weighted by atomic mass is 35.5. The Morgan fingerprint density at radius 2 is 1.79 bits per heavy atom. The van der Waals surface area contributed by atoms with Crippen LogP contribution in [0.2, 0.25) is 5.02 Å². The smallest absolute Gasteiger partial charge is 0.232 e. The predicted octanol–water partition coefficient (Wildman–Crippen LogP) is 3.52. The van der Waals surface area contributed by atoms with Crippen LogP contribution in [0, 0.1) is 11.6 Å². The van der Waals surface area contributed by atoms with Crippen LogP contribution in [0.1, 0.15) is 18.4 Å². The lowest BCUT2D eigenvalue weighted by Gasteiger charge is -2.22. The maximum Gasteiger partial charge on any atom is 0.232 e. The molecule has 2 rings (SSSR count). The Bertz CT molecular complexity index is 921. The number of halogens is 3. The summed E-state index contributed by atoms with van der Waals surface area (Å²) in [6.45, 7) is 0.425. The van der Waals surface area contributed by atoms with Crippen molar-refractivity contribution in [3.63, 3.8) is 0 Å². The molecule has 0 saturated heterocycles. The second kappa shape index (κ2) is 9.84. The molecule has 2 aromatic rings. The third-order valence-electron chi connectivity index (χ3n) is 4.01. The Balaban J connectivity index is 1.83. The number of hydrogen-bond acceptors (Lipinski definition) is 3. The first-order chi connectivity index (χ1) is 13.2. The van der Waals surface area contributed by atoms with Crippen molar-refractivity contribution in [3.8, 4) is 0 Å². The lowest BCUT2D eigenvalue weighted by atomic mass is 10.1. The summed E-state index contributed by atoms with van der Waals surface area (Å²) in [5.41, 5.74) is 1.05. The molecule has 28 heavy (non-hydrogen) atoms. The summed E-state index contributed by atoms with van der Waals surface area (Å²) in [7, 11) is -3.70. The predicted molar refractivity (Wildman–Crippen MR) is 106 cm³/mol. The standard InChI is InChI=1S/C19H21ClF2N2O3S/c1-28(26,27)24(16-8-9-17(21)18(22)13-16)12-2-3-19(25)23-11-10-14-4-6-15(20)7-5-14/h4-9,13H,2-3,10-12H2,1H3,(H,23,25). The number of anilines is 1. The van der Waals surface area contributed by atoms with Crippen molar-refractivity contribution in [3.05, 3.63) is 64.7 Å². The molecule has 0 fully saturated rings. The summed E-state index contributed by atoms with van der Waals surface area (Å²) in [6.07, 6.45) is 1.96. The van der Waals surface area contributed by atoms with Crippen molar-refractivity contribution in [1.82, 2.24) is 5.32 Å². The largest absolute Gasteiger partial charge is 0.356 e. The van der Waals surface area contributed by atoms with Crippen LogP contribution in [-0.4, -0.2) is 33.7 Å². The van der Waals surface area contributed by atoms with E-state index in [4.69, 9.17) is 11.6 Å². The van der Waals surface area contributed by atoms with E-state index in [0.29, 0.717) is 18.0 Å². The van der Waals surface area contributed by atoms with Gasteiger partial charge in [-0.2, -0.15) is 0 Å². The van der Waals surface area contributed by atoms with E-state index in [1.807, 2.05) is 12.1 Å². The first-order valence-electron chi connectivity index (χ1n) is 8.61. The number of sulfonamides is 1. The topological polar surface area (TPSA) is 66.5 Å². The first-order valence-corrected chi connectivity index (χ1v) is 10.8. The van der Waals surface area contributed by atoms with Gasteiger partial charge in [0.2, 0.25) is 15.9 Å². The number of rotatable bonds is 9. The molecule has 1 amide bonds. The van der Waals surface area contributed by atoms with Gasteiger partial charge in [0, 0.05) is 30.6 Å². The van der Waals surface area contributed by atoms with E-state index in [-0.39, 0.29) is 31.0 Å². The molecule has 0 radical (unpaired) electrons. The van der Waals surface area contributed by atoms with Gasteiger partial charge in [-0.1, -0.05) is 23.7 Å². The Labute approximate surface area is 168 Å². The summed E-state index contributed by atoms with van der Waals surface area (Å²) in [5.74, 6) is -2.41.